The lowest BCUT2D eigenvalue weighted by molar-refractivity contribution is 0.0548. The zero-order valence-electron chi connectivity index (χ0n) is 15.1. The van der Waals surface area contributed by atoms with E-state index >= 15 is 0 Å². The maximum Gasteiger partial charge on any atom is 0.340 e. The zero-order valence-corrected chi connectivity index (χ0v) is 15.1. The van der Waals surface area contributed by atoms with Gasteiger partial charge >= 0.3 is 5.97 Å². The number of hydrogen-bond donors (Lipinski definition) is 0. The number of hydrogen-bond acceptors (Lipinski definition) is 8. The van der Waals surface area contributed by atoms with E-state index in [2.05, 4.69) is 21.5 Å². The van der Waals surface area contributed by atoms with Crippen LogP contribution in [-0.2, 0) is 4.74 Å². The molecule has 0 spiro atoms. The summed E-state index contributed by atoms with van der Waals surface area (Å²) < 4.78 is 15.5. The van der Waals surface area contributed by atoms with E-state index in [0.29, 0.717) is 17.0 Å². The number of Topliss-reactive ketones (excluding diaryl/α,β-unsaturated/α-hetero) is 1. The number of carbonyl (C=O) groups excluding carboxylic acids is 2. The molecule has 2 aromatic rings. The predicted molar refractivity (Wildman–Crippen MR) is 98.2 cm³/mol. The first-order valence-corrected chi connectivity index (χ1v) is 8.02. The number of nitrogens with zero attached hydrogens (tertiary/aromatic N) is 3. The van der Waals surface area contributed by atoms with Crippen LogP contribution in [0.4, 0.5) is 5.69 Å². The molecule has 8 nitrogen and oxygen atoms in total. The van der Waals surface area contributed by atoms with Crippen molar-refractivity contribution in [2.45, 2.75) is 6.92 Å². The summed E-state index contributed by atoms with van der Waals surface area (Å²) in [6.45, 7) is 5.11. The minimum absolute atomic E-state index is 0.00173. The maximum absolute atomic E-state index is 12.7. The van der Waals surface area contributed by atoms with Crippen LogP contribution in [0.15, 0.2) is 35.8 Å². The molecule has 1 aromatic heterocycles. The number of methoxy groups -OCH3 is 2. The van der Waals surface area contributed by atoms with Crippen LogP contribution in [0, 0.1) is 0 Å². The van der Waals surface area contributed by atoms with Crippen LogP contribution in [0.25, 0.3) is 11.4 Å². The van der Waals surface area contributed by atoms with Crippen molar-refractivity contribution >= 4 is 23.2 Å². The van der Waals surface area contributed by atoms with E-state index in [1.54, 1.807) is 19.1 Å². The van der Waals surface area contributed by atoms with E-state index in [0.717, 1.165) is 0 Å². The van der Waals surface area contributed by atoms with Gasteiger partial charge in [-0.05, 0) is 19.1 Å². The molecule has 2 heterocycles. The quantitative estimate of drug-likeness (QED) is 0.571. The molecule has 0 fully saturated rings. The monoisotopic (exact) mass is 367 g/mol. The lowest BCUT2D eigenvalue weighted by Gasteiger charge is -2.13. The first-order chi connectivity index (χ1) is 13.0. The van der Waals surface area contributed by atoms with Gasteiger partial charge in [0.2, 0.25) is 17.5 Å². The Balaban J connectivity index is 2.24. The molecule has 0 aliphatic carbocycles. The number of esters is 1. The summed E-state index contributed by atoms with van der Waals surface area (Å²) in [6, 6.07) is 4.76. The fourth-order valence-electron chi connectivity index (χ4n) is 2.67. The number of carbonyl (C=O) groups is 2. The molecule has 0 radical (unpaired) electrons. The topological polar surface area (TPSA) is 100.0 Å². The normalized spacial score (nSPS) is 12.3. The third-order valence-corrected chi connectivity index (χ3v) is 3.90. The molecule has 0 saturated carbocycles. The number of fused-ring (bicyclic) bond motifs is 1. The summed E-state index contributed by atoms with van der Waals surface area (Å²) in [6.07, 6.45) is 1.44. The Hall–Kier alpha value is -3.55. The van der Waals surface area contributed by atoms with Crippen molar-refractivity contribution in [1.82, 2.24) is 9.97 Å². The van der Waals surface area contributed by atoms with Crippen molar-refractivity contribution in [3.8, 4) is 23.1 Å². The van der Waals surface area contributed by atoms with Crippen LogP contribution >= 0.6 is 0 Å². The SMILES string of the molecule is C=CCOC(=O)c1c(-c2nc(OC)cc(OC)n2)ccc2c1C(=O)C(C)=N2. The van der Waals surface area contributed by atoms with Crippen LogP contribution in [0.5, 0.6) is 11.8 Å². The molecule has 0 saturated heterocycles. The Morgan fingerprint density at radius 3 is 2.44 bits per heavy atom. The maximum atomic E-state index is 12.7. The first-order valence-electron chi connectivity index (χ1n) is 8.02. The number of aromatic nitrogens is 2. The van der Waals surface area contributed by atoms with Gasteiger partial charge in [-0.15, -0.1) is 0 Å². The van der Waals surface area contributed by atoms with Gasteiger partial charge in [-0.1, -0.05) is 12.7 Å². The second-order valence-electron chi connectivity index (χ2n) is 5.57. The molecular formula is C19H17N3O5. The summed E-state index contributed by atoms with van der Waals surface area (Å²) in [5.41, 5.74) is 1.24. The average Bonchev–Trinajstić information content (AvgIpc) is 2.98. The molecule has 0 atom stereocenters. The van der Waals surface area contributed by atoms with Crippen molar-refractivity contribution in [2.75, 3.05) is 20.8 Å². The van der Waals surface area contributed by atoms with Gasteiger partial charge in [0, 0.05) is 5.56 Å². The Bertz CT molecular complexity index is 959. The molecular weight excluding hydrogens is 350 g/mol. The number of ether oxygens (including phenoxy) is 3. The van der Waals surface area contributed by atoms with Crippen LogP contribution in [-0.4, -0.2) is 48.3 Å². The van der Waals surface area contributed by atoms with Gasteiger partial charge in [-0.2, -0.15) is 9.97 Å². The third kappa shape index (κ3) is 3.29. The number of rotatable bonds is 6. The molecule has 3 rings (SSSR count). The van der Waals surface area contributed by atoms with Crippen LogP contribution in [0.1, 0.15) is 27.6 Å². The van der Waals surface area contributed by atoms with Crippen LogP contribution in [0.3, 0.4) is 0 Å². The van der Waals surface area contributed by atoms with E-state index in [4.69, 9.17) is 14.2 Å². The Morgan fingerprint density at radius 1 is 1.19 bits per heavy atom. The molecule has 138 valence electrons. The third-order valence-electron chi connectivity index (χ3n) is 3.90. The number of ketones is 1. The summed E-state index contributed by atoms with van der Waals surface area (Å²) in [4.78, 5) is 38.1. The van der Waals surface area contributed by atoms with Crippen molar-refractivity contribution in [3.05, 3.63) is 42.0 Å². The van der Waals surface area contributed by atoms with Crippen molar-refractivity contribution in [1.29, 1.82) is 0 Å². The second-order valence-corrected chi connectivity index (χ2v) is 5.57. The van der Waals surface area contributed by atoms with E-state index in [1.807, 2.05) is 0 Å². The highest BCUT2D eigenvalue weighted by Crippen LogP contribution is 2.36. The Morgan fingerprint density at radius 2 is 1.85 bits per heavy atom. The fraction of sp³-hybridized carbons (Fsp3) is 0.211. The summed E-state index contributed by atoms with van der Waals surface area (Å²) in [5, 5.41) is 0. The van der Waals surface area contributed by atoms with Crippen LogP contribution in [0.2, 0.25) is 0 Å². The smallest absolute Gasteiger partial charge is 0.340 e. The van der Waals surface area contributed by atoms with Gasteiger partial charge in [0.1, 0.15) is 6.61 Å². The molecule has 0 N–H and O–H groups in total. The predicted octanol–water partition coefficient (Wildman–Crippen LogP) is 2.79. The number of benzene rings is 1. The molecule has 1 aliphatic heterocycles. The molecule has 0 amide bonds. The molecule has 1 aromatic carbocycles. The van der Waals surface area contributed by atoms with Gasteiger partial charge in [0.25, 0.3) is 0 Å². The minimum atomic E-state index is -0.689. The lowest BCUT2D eigenvalue weighted by Crippen LogP contribution is -2.15. The number of aliphatic imine (C=N–C) groups is 1. The molecule has 0 unspecified atom stereocenters. The largest absolute Gasteiger partial charge is 0.481 e. The van der Waals surface area contributed by atoms with E-state index in [1.165, 1.54) is 26.4 Å². The zero-order chi connectivity index (χ0) is 19.6. The molecule has 1 aliphatic rings. The summed E-state index contributed by atoms with van der Waals surface area (Å²) >= 11 is 0. The summed E-state index contributed by atoms with van der Waals surface area (Å²) in [5.74, 6) is -0.363. The minimum Gasteiger partial charge on any atom is -0.481 e. The van der Waals surface area contributed by atoms with Crippen molar-refractivity contribution in [3.63, 3.8) is 0 Å². The van der Waals surface area contributed by atoms with Gasteiger partial charge in [-0.3, -0.25) is 4.79 Å². The van der Waals surface area contributed by atoms with E-state index < -0.39 is 5.97 Å². The van der Waals surface area contributed by atoms with Gasteiger partial charge in [-0.25, -0.2) is 9.79 Å². The van der Waals surface area contributed by atoms with Crippen molar-refractivity contribution < 1.29 is 23.8 Å². The van der Waals surface area contributed by atoms with E-state index in [9.17, 15) is 9.59 Å². The highest BCUT2D eigenvalue weighted by molar-refractivity contribution is 6.50. The van der Waals surface area contributed by atoms with Crippen LogP contribution < -0.4 is 9.47 Å². The van der Waals surface area contributed by atoms with Gasteiger partial charge in [0.05, 0.1) is 42.8 Å². The molecule has 8 heteroatoms. The fourth-order valence-corrected chi connectivity index (χ4v) is 2.67. The van der Waals surface area contributed by atoms with Gasteiger partial charge in [0.15, 0.2) is 5.82 Å². The Kier molecular flexibility index (Phi) is 4.98. The first kappa shape index (κ1) is 18.2. The average molecular weight is 367 g/mol. The van der Waals surface area contributed by atoms with E-state index in [-0.39, 0.29) is 41.1 Å². The highest BCUT2D eigenvalue weighted by Gasteiger charge is 2.32. The highest BCUT2D eigenvalue weighted by atomic mass is 16.5. The molecule has 0 bridgehead atoms. The Labute approximate surface area is 155 Å². The molecule has 27 heavy (non-hydrogen) atoms. The summed E-state index contributed by atoms with van der Waals surface area (Å²) in [7, 11) is 2.91. The lowest BCUT2D eigenvalue weighted by atomic mass is 9.96. The van der Waals surface area contributed by atoms with Gasteiger partial charge < -0.3 is 14.2 Å². The van der Waals surface area contributed by atoms with Crippen molar-refractivity contribution in [2.24, 2.45) is 4.99 Å². The standard InChI is InChI=1S/C19H17N3O5/c1-5-8-27-19(24)15-11(6-7-12-16(15)17(23)10(2)20-12)18-21-13(25-3)9-14(22-18)26-4/h5-7,9H,1,8H2,2-4H3. The second kappa shape index (κ2) is 7.36.